The summed E-state index contributed by atoms with van der Waals surface area (Å²) in [6, 6.07) is 1.59. The highest BCUT2D eigenvalue weighted by molar-refractivity contribution is 5.13. The van der Waals surface area contributed by atoms with Gasteiger partial charge in [0.2, 0.25) is 0 Å². The molecule has 0 radical (unpaired) electrons. The summed E-state index contributed by atoms with van der Waals surface area (Å²) in [7, 11) is 1.53. The maximum atomic E-state index is 8.21. The van der Waals surface area contributed by atoms with E-state index in [0.717, 1.165) is 0 Å². The molecule has 5 nitrogen and oxygen atoms in total. The third kappa shape index (κ3) is 4.99. The van der Waals surface area contributed by atoms with Gasteiger partial charge < -0.3 is 4.74 Å². The van der Waals surface area contributed by atoms with Crippen LogP contribution >= 0.6 is 0 Å². The highest BCUT2D eigenvalue weighted by Crippen LogP contribution is 2.04. The Labute approximate surface area is 82.9 Å². The van der Waals surface area contributed by atoms with Crippen LogP contribution in [0.5, 0.6) is 0 Å². The second kappa shape index (κ2) is 7.87. The summed E-state index contributed by atoms with van der Waals surface area (Å²) in [5.74, 6) is 0. The lowest BCUT2D eigenvalue weighted by molar-refractivity contribution is 0.123. The molecule has 74 valence electrons. The zero-order valence-corrected chi connectivity index (χ0v) is 8.16. The van der Waals surface area contributed by atoms with Gasteiger partial charge in [0, 0.05) is 18.1 Å². The van der Waals surface area contributed by atoms with Gasteiger partial charge in [-0.1, -0.05) is 30.3 Å². The molecule has 0 aromatic carbocycles. The van der Waals surface area contributed by atoms with E-state index < -0.39 is 0 Å². The fourth-order valence-electron chi connectivity index (χ4n) is 0.856. The Kier molecular flexibility index (Phi) is 6.88. The molecule has 0 saturated carbocycles. The first-order chi connectivity index (χ1) is 6.76. The maximum absolute atomic E-state index is 8.21. The minimum Gasteiger partial charge on any atom is -0.377 e. The van der Waals surface area contributed by atoms with E-state index in [0.29, 0.717) is 0 Å². The van der Waals surface area contributed by atoms with Gasteiger partial charge in [-0.25, -0.2) is 0 Å². The van der Waals surface area contributed by atoms with Crippen molar-refractivity contribution in [2.24, 2.45) is 5.11 Å². The predicted octanol–water partition coefficient (Wildman–Crippen LogP) is 2.34. The number of nitrogens with zero attached hydrogens (tertiary/aromatic N) is 4. The fourth-order valence-corrected chi connectivity index (χ4v) is 0.856. The lowest BCUT2D eigenvalue weighted by atomic mass is 10.2. The van der Waals surface area contributed by atoms with Crippen molar-refractivity contribution in [3.63, 3.8) is 0 Å². The van der Waals surface area contributed by atoms with Crippen molar-refractivity contribution in [3.8, 4) is 6.07 Å². The van der Waals surface area contributed by atoms with E-state index >= 15 is 0 Å². The third-order valence-corrected chi connectivity index (χ3v) is 1.56. The normalized spacial score (nSPS) is 14.9. The van der Waals surface area contributed by atoms with Crippen molar-refractivity contribution in [2.75, 3.05) is 7.11 Å². The molecule has 5 heteroatoms. The Morgan fingerprint density at radius 3 is 2.79 bits per heavy atom. The second-order valence-corrected chi connectivity index (χ2v) is 2.52. The molecule has 0 unspecified atom stereocenters. The van der Waals surface area contributed by atoms with Crippen LogP contribution in [0.3, 0.4) is 0 Å². The highest BCUT2D eigenvalue weighted by Gasteiger charge is 2.10. The number of rotatable bonds is 5. The van der Waals surface area contributed by atoms with E-state index in [1.807, 2.05) is 6.07 Å². The molecule has 0 saturated heterocycles. The predicted molar refractivity (Wildman–Crippen MR) is 53.3 cm³/mol. The molecule has 0 fully saturated rings. The number of methoxy groups -OCH3 is 1. The van der Waals surface area contributed by atoms with E-state index in [4.69, 9.17) is 15.5 Å². The molecular formula is C9H12N4O. The molecule has 0 N–H and O–H groups in total. The molecule has 0 spiro atoms. The van der Waals surface area contributed by atoms with Crippen molar-refractivity contribution in [1.29, 1.82) is 5.26 Å². The second-order valence-electron chi connectivity index (χ2n) is 2.52. The van der Waals surface area contributed by atoms with Crippen molar-refractivity contribution >= 4 is 0 Å². The average Bonchev–Trinajstić information content (AvgIpc) is 2.18. The molecule has 0 rings (SSSR count). The lowest BCUT2D eigenvalue weighted by Crippen LogP contribution is -2.20. The van der Waals surface area contributed by atoms with Gasteiger partial charge in [-0.3, -0.25) is 0 Å². The largest absolute Gasteiger partial charge is 0.377 e. The minimum absolute atomic E-state index is 0.267. The van der Waals surface area contributed by atoms with Crippen LogP contribution in [0.15, 0.2) is 29.4 Å². The van der Waals surface area contributed by atoms with Crippen LogP contribution in [0.2, 0.25) is 0 Å². The smallest absolute Gasteiger partial charge is 0.0912 e. The van der Waals surface area contributed by atoms with Gasteiger partial charge in [0.1, 0.15) is 0 Å². The Balaban J connectivity index is 4.29. The quantitative estimate of drug-likeness (QED) is 0.220. The molecule has 0 amide bonds. The summed E-state index contributed by atoms with van der Waals surface area (Å²) >= 11 is 0. The zero-order valence-electron chi connectivity index (χ0n) is 8.16. The van der Waals surface area contributed by atoms with Crippen LogP contribution in [-0.2, 0) is 4.74 Å². The van der Waals surface area contributed by atoms with E-state index in [-0.39, 0.29) is 12.1 Å². The van der Waals surface area contributed by atoms with Crippen molar-refractivity contribution in [1.82, 2.24) is 0 Å². The number of hydrogen-bond acceptors (Lipinski definition) is 3. The van der Waals surface area contributed by atoms with Crippen molar-refractivity contribution < 1.29 is 4.74 Å². The molecule has 0 aromatic rings. The lowest BCUT2D eigenvalue weighted by Gasteiger charge is -2.13. The molecule has 0 aromatic heterocycles. The molecule has 0 aliphatic carbocycles. The van der Waals surface area contributed by atoms with Crippen LogP contribution in [0.25, 0.3) is 10.4 Å². The topological polar surface area (TPSA) is 81.8 Å². The monoisotopic (exact) mass is 192 g/mol. The molecule has 0 heterocycles. The van der Waals surface area contributed by atoms with E-state index in [9.17, 15) is 0 Å². The summed E-state index contributed by atoms with van der Waals surface area (Å²) in [6.07, 6.45) is 6.08. The third-order valence-electron chi connectivity index (χ3n) is 1.56. The molecular weight excluding hydrogens is 180 g/mol. The van der Waals surface area contributed by atoms with Gasteiger partial charge >= 0.3 is 0 Å². The summed E-state index contributed by atoms with van der Waals surface area (Å²) in [5, 5.41) is 11.7. The fraction of sp³-hybridized carbons (Fsp3) is 0.444. The summed E-state index contributed by atoms with van der Waals surface area (Å²) in [5.41, 5.74) is 8.21. The van der Waals surface area contributed by atoms with Crippen LogP contribution in [0, 0.1) is 11.3 Å². The summed E-state index contributed by atoms with van der Waals surface area (Å²) < 4.78 is 5.08. The van der Waals surface area contributed by atoms with Gasteiger partial charge in [0.05, 0.1) is 18.2 Å². The highest BCUT2D eigenvalue weighted by atomic mass is 16.5. The van der Waals surface area contributed by atoms with Crippen LogP contribution in [-0.4, -0.2) is 19.3 Å². The Morgan fingerprint density at radius 2 is 2.29 bits per heavy atom. The zero-order chi connectivity index (χ0) is 10.8. The Morgan fingerprint density at radius 1 is 1.57 bits per heavy atom. The van der Waals surface area contributed by atoms with Gasteiger partial charge in [0.25, 0.3) is 0 Å². The molecule has 2 atom stereocenters. The van der Waals surface area contributed by atoms with Crippen LogP contribution < -0.4 is 0 Å². The first-order valence-corrected chi connectivity index (χ1v) is 4.06. The number of ether oxygens (including phenoxy) is 1. The van der Waals surface area contributed by atoms with Gasteiger partial charge in [-0.15, -0.1) is 0 Å². The van der Waals surface area contributed by atoms with Gasteiger partial charge in [-0.05, 0) is 5.53 Å². The van der Waals surface area contributed by atoms with E-state index in [1.165, 1.54) is 13.2 Å². The Bertz CT molecular complexity index is 296. The molecule has 14 heavy (non-hydrogen) atoms. The average molecular weight is 192 g/mol. The minimum atomic E-state index is -0.269. The number of allylic oxidation sites excluding steroid dienone is 3. The van der Waals surface area contributed by atoms with Crippen molar-refractivity contribution in [2.45, 2.75) is 19.1 Å². The first-order valence-electron chi connectivity index (χ1n) is 4.06. The maximum Gasteiger partial charge on any atom is 0.0912 e. The van der Waals surface area contributed by atoms with Crippen LogP contribution in [0.1, 0.15) is 6.92 Å². The SMILES string of the molecule is CO[C@@H](/C=C\C=C\C#N)[C@H](C)N=[N+]=[N-]. The summed E-state index contributed by atoms with van der Waals surface area (Å²) in [6.45, 7) is 1.76. The van der Waals surface area contributed by atoms with Gasteiger partial charge in [0.15, 0.2) is 0 Å². The van der Waals surface area contributed by atoms with Gasteiger partial charge in [-0.2, -0.15) is 5.26 Å². The summed E-state index contributed by atoms with van der Waals surface area (Å²) in [4.78, 5) is 2.69. The molecule has 0 bridgehead atoms. The van der Waals surface area contributed by atoms with E-state index in [1.54, 1.807) is 25.2 Å². The first kappa shape index (κ1) is 12.2. The van der Waals surface area contributed by atoms with Crippen LogP contribution in [0.4, 0.5) is 0 Å². The number of azide groups is 1. The number of nitriles is 1. The Hall–Kier alpha value is -1.76. The van der Waals surface area contributed by atoms with Crippen molar-refractivity contribution in [3.05, 3.63) is 34.7 Å². The number of hydrogen-bond donors (Lipinski definition) is 0. The standard InChI is InChI=1S/C9H12N4O/c1-8(12-13-11)9(14-2)6-4-3-5-7-10/h3-6,8-9H,1-2H3/b5-3+,6-4-/t8-,9-/m0/s1. The molecule has 0 aliphatic rings. The molecule has 0 aliphatic heterocycles. The van der Waals surface area contributed by atoms with E-state index in [2.05, 4.69) is 10.0 Å².